The lowest BCUT2D eigenvalue weighted by Gasteiger charge is -2.31. The highest BCUT2D eigenvalue weighted by molar-refractivity contribution is 5.26. The third kappa shape index (κ3) is 4.13. The van der Waals surface area contributed by atoms with E-state index in [0.29, 0.717) is 23.4 Å². The van der Waals surface area contributed by atoms with Crippen LogP contribution in [0.15, 0.2) is 24.3 Å². The second kappa shape index (κ2) is 5.88. The van der Waals surface area contributed by atoms with Gasteiger partial charge < -0.3 is 5.32 Å². The fourth-order valence-electron chi connectivity index (χ4n) is 1.89. The smallest absolute Gasteiger partial charge is 0.0294 e. The predicted molar refractivity (Wildman–Crippen MR) is 81.0 cm³/mol. The molecule has 1 aromatic carbocycles. The van der Waals surface area contributed by atoms with E-state index in [9.17, 15) is 0 Å². The molecule has 0 spiro atoms. The van der Waals surface area contributed by atoms with Crippen LogP contribution in [0.25, 0.3) is 0 Å². The first-order chi connectivity index (χ1) is 8.21. The molecular formula is C17H29N. The van der Waals surface area contributed by atoms with Crippen LogP contribution in [0.3, 0.4) is 0 Å². The van der Waals surface area contributed by atoms with E-state index in [-0.39, 0.29) is 0 Å². The predicted octanol–water partition coefficient (Wildman–Crippen LogP) is 4.90. The lowest BCUT2D eigenvalue weighted by molar-refractivity contribution is 0.268. The number of nitrogens with one attached hydrogen (secondary N) is 1. The zero-order valence-electron chi connectivity index (χ0n) is 13.0. The summed E-state index contributed by atoms with van der Waals surface area (Å²) in [5.74, 6) is 0.607. The quantitative estimate of drug-likeness (QED) is 0.798. The Kier molecular flexibility index (Phi) is 4.98. The van der Waals surface area contributed by atoms with Gasteiger partial charge in [0.25, 0.3) is 0 Å². The molecule has 0 saturated carbocycles. The number of hydrogen-bond acceptors (Lipinski definition) is 1. The molecule has 1 nitrogen and oxygen atoms in total. The van der Waals surface area contributed by atoms with Gasteiger partial charge in [-0.3, -0.25) is 0 Å². The van der Waals surface area contributed by atoms with Crippen LogP contribution >= 0.6 is 0 Å². The van der Waals surface area contributed by atoms with E-state index in [1.165, 1.54) is 11.1 Å². The molecule has 1 heteroatoms. The van der Waals surface area contributed by atoms with Crippen LogP contribution < -0.4 is 5.32 Å². The average molecular weight is 247 g/mol. The third-order valence-corrected chi connectivity index (χ3v) is 3.90. The summed E-state index contributed by atoms with van der Waals surface area (Å²) in [5, 5.41) is 3.68. The molecule has 0 heterocycles. The summed E-state index contributed by atoms with van der Waals surface area (Å²) in [6, 6.07) is 9.91. The van der Waals surface area contributed by atoms with Gasteiger partial charge in [-0.05, 0) is 36.3 Å². The van der Waals surface area contributed by atoms with Crippen molar-refractivity contribution in [3.63, 3.8) is 0 Å². The van der Waals surface area contributed by atoms with E-state index < -0.39 is 0 Å². The monoisotopic (exact) mass is 247 g/mol. The summed E-state index contributed by atoms with van der Waals surface area (Å²) in [6.45, 7) is 15.8. The van der Waals surface area contributed by atoms with E-state index >= 15 is 0 Å². The van der Waals surface area contributed by atoms with Gasteiger partial charge in [-0.2, -0.15) is 0 Å². The Bertz CT molecular complexity index is 356. The fourth-order valence-corrected chi connectivity index (χ4v) is 1.89. The second-order valence-electron chi connectivity index (χ2n) is 6.80. The van der Waals surface area contributed by atoms with Crippen LogP contribution in [0.5, 0.6) is 0 Å². The van der Waals surface area contributed by atoms with Crippen LogP contribution in [0.4, 0.5) is 0 Å². The topological polar surface area (TPSA) is 12.0 Å². The van der Waals surface area contributed by atoms with Gasteiger partial charge in [0.15, 0.2) is 0 Å². The molecule has 1 rings (SSSR count). The lowest BCUT2D eigenvalue weighted by Crippen LogP contribution is -2.39. The summed E-state index contributed by atoms with van der Waals surface area (Å²) < 4.78 is 0. The molecule has 0 aliphatic heterocycles. The van der Waals surface area contributed by atoms with Crippen LogP contribution in [-0.2, 0) is 0 Å². The Labute approximate surface area is 113 Å². The van der Waals surface area contributed by atoms with E-state index in [0.717, 1.165) is 0 Å². The van der Waals surface area contributed by atoms with Crippen molar-refractivity contribution < 1.29 is 0 Å². The normalized spacial score (nSPS) is 15.8. The molecule has 0 aromatic heterocycles. The van der Waals surface area contributed by atoms with Crippen LogP contribution in [-0.4, -0.2) is 6.04 Å². The van der Waals surface area contributed by atoms with Crippen molar-refractivity contribution in [2.75, 3.05) is 0 Å². The van der Waals surface area contributed by atoms with Crippen LogP contribution in [0.1, 0.15) is 71.6 Å². The number of benzene rings is 1. The highest BCUT2D eigenvalue weighted by Crippen LogP contribution is 2.23. The minimum atomic E-state index is 0.298. The van der Waals surface area contributed by atoms with E-state index in [1.807, 2.05) is 0 Å². The minimum Gasteiger partial charge on any atom is -0.307 e. The highest BCUT2D eigenvalue weighted by Gasteiger charge is 2.21. The molecule has 18 heavy (non-hydrogen) atoms. The summed E-state index contributed by atoms with van der Waals surface area (Å²) in [7, 11) is 0. The summed E-state index contributed by atoms with van der Waals surface area (Å²) in [6.07, 6.45) is 0. The maximum atomic E-state index is 3.68. The van der Waals surface area contributed by atoms with Crippen molar-refractivity contribution >= 4 is 0 Å². The van der Waals surface area contributed by atoms with Gasteiger partial charge in [0.2, 0.25) is 0 Å². The van der Waals surface area contributed by atoms with Gasteiger partial charge in [-0.25, -0.2) is 0 Å². The lowest BCUT2D eigenvalue weighted by atomic mass is 9.87. The number of rotatable bonds is 4. The first-order valence-electron chi connectivity index (χ1n) is 7.07. The Morgan fingerprint density at radius 3 is 1.67 bits per heavy atom. The minimum absolute atomic E-state index is 0.298. The summed E-state index contributed by atoms with van der Waals surface area (Å²) in [4.78, 5) is 0. The summed E-state index contributed by atoms with van der Waals surface area (Å²) in [5.41, 5.74) is 3.08. The number of hydrogen-bond donors (Lipinski definition) is 1. The molecule has 0 bridgehead atoms. The second-order valence-corrected chi connectivity index (χ2v) is 6.80. The largest absolute Gasteiger partial charge is 0.307 e. The Balaban J connectivity index is 2.70. The van der Waals surface area contributed by atoms with Gasteiger partial charge in [0.05, 0.1) is 0 Å². The SMILES string of the molecule is CC(C)c1ccc(C(C)NC(C)C(C)(C)C)cc1. The van der Waals surface area contributed by atoms with E-state index in [2.05, 4.69) is 78.0 Å². The molecule has 0 radical (unpaired) electrons. The van der Waals surface area contributed by atoms with Crippen molar-refractivity contribution in [3.05, 3.63) is 35.4 Å². The highest BCUT2D eigenvalue weighted by atomic mass is 15.0. The van der Waals surface area contributed by atoms with Crippen LogP contribution in [0.2, 0.25) is 0 Å². The van der Waals surface area contributed by atoms with Gasteiger partial charge >= 0.3 is 0 Å². The first kappa shape index (κ1) is 15.2. The zero-order chi connectivity index (χ0) is 13.9. The molecule has 2 atom stereocenters. The maximum Gasteiger partial charge on any atom is 0.0294 e. The van der Waals surface area contributed by atoms with Crippen molar-refractivity contribution in [1.82, 2.24) is 5.32 Å². The van der Waals surface area contributed by atoms with Crippen LogP contribution in [0, 0.1) is 5.41 Å². The van der Waals surface area contributed by atoms with Gasteiger partial charge in [0, 0.05) is 12.1 Å². The summed E-state index contributed by atoms with van der Waals surface area (Å²) >= 11 is 0. The zero-order valence-corrected chi connectivity index (χ0v) is 13.0. The Hall–Kier alpha value is -0.820. The molecule has 1 N–H and O–H groups in total. The molecule has 0 aliphatic rings. The van der Waals surface area contributed by atoms with Gasteiger partial charge in [-0.1, -0.05) is 58.9 Å². The van der Waals surface area contributed by atoms with Crippen molar-refractivity contribution in [1.29, 1.82) is 0 Å². The van der Waals surface area contributed by atoms with Gasteiger partial charge in [-0.15, -0.1) is 0 Å². The molecular weight excluding hydrogens is 218 g/mol. The first-order valence-corrected chi connectivity index (χ1v) is 7.07. The standard InChI is InChI=1S/C17H29N/c1-12(2)15-8-10-16(11-9-15)13(3)18-14(4)17(5,6)7/h8-14,18H,1-7H3. The fraction of sp³-hybridized carbons (Fsp3) is 0.647. The van der Waals surface area contributed by atoms with Crippen molar-refractivity contribution in [2.24, 2.45) is 5.41 Å². The molecule has 102 valence electrons. The van der Waals surface area contributed by atoms with Crippen molar-refractivity contribution in [3.8, 4) is 0 Å². The Morgan fingerprint density at radius 2 is 1.28 bits per heavy atom. The molecule has 0 aliphatic carbocycles. The maximum absolute atomic E-state index is 3.68. The molecule has 0 fully saturated rings. The van der Waals surface area contributed by atoms with Crippen molar-refractivity contribution in [2.45, 2.75) is 66.5 Å². The molecule has 1 aromatic rings. The van der Waals surface area contributed by atoms with E-state index in [1.54, 1.807) is 0 Å². The average Bonchev–Trinajstić information content (AvgIpc) is 2.27. The van der Waals surface area contributed by atoms with Gasteiger partial charge in [0.1, 0.15) is 0 Å². The molecule has 0 amide bonds. The molecule has 0 saturated heterocycles. The Morgan fingerprint density at radius 1 is 0.833 bits per heavy atom. The third-order valence-electron chi connectivity index (χ3n) is 3.90. The van der Waals surface area contributed by atoms with E-state index in [4.69, 9.17) is 0 Å². The molecule has 2 unspecified atom stereocenters.